The van der Waals surface area contributed by atoms with Crippen LogP contribution in [0.25, 0.3) is 0 Å². The molecule has 2 N–H and O–H groups in total. The Morgan fingerprint density at radius 2 is 1.54 bits per heavy atom. The molecule has 5 heteroatoms. The topological polar surface area (TPSA) is 49.8 Å². The lowest BCUT2D eigenvalue weighted by molar-refractivity contribution is 1.10. The van der Waals surface area contributed by atoms with Gasteiger partial charge in [-0.3, -0.25) is 0 Å². The smallest absolute Gasteiger partial charge is 0.229 e. The fraction of sp³-hybridized carbons (Fsp3) is 0.158. The molecule has 122 valence electrons. The van der Waals surface area contributed by atoms with Crippen molar-refractivity contribution in [2.45, 2.75) is 20.8 Å². The molecule has 3 rings (SSSR count). The summed E-state index contributed by atoms with van der Waals surface area (Å²) in [6, 6.07) is 16.1. The summed E-state index contributed by atoms with van der Waals surface area (Å²) < 4.78 is 1.01. The van der Waals surface area contributed by atoms with Gasteiger partial charge in [0, 0.05) is 27.6 Å². The zero-order chi connectivity index (χ0) is 17.1. The summed E-state index contributed by atoms with van der Waals surface area (Å²) in [5.41, 5.74) is 5.30. The van der Waals surface area contributed by atoms with E-state index in [2.05, 4.69) is 68.6 Å². The highest BCUT2D eigenvalue weighted by atomic mass is 79.9. The van der Waals surface area contributed by atoms with E-state index in [0.717, 1.165) is 27.4 Å². The van der Waals surface area contributed by atoms with Crippen LogP contribution in [0.5, 0.6) is 0 Å². The first kappa shape index (κ1) is 16.5. The second-order valence-electron chi connectivity index (χ2n) is 5.75. The standard InChI is InChI=1S/C19H19BrN4/c1-12-6-4-7-13(2)18(12)23-17-10-14(3)21-19(24-17)22-16-9-5-8-15(20)11-16/h4-11H,1-3H3,(H2,21,22,23,24). The summed E-state index contributed by atoms with van der Waals surface area (Å²) in [5, 5.41) is 6.67. The molecule has 0 aliphatic heterocycles. The Labute approximate surface area is 150 Å². The van der Waals surface area contributed by atoms with Crippen LogP contribution < -0.4 is 10.6 Å². The molecule has 0 aliphatic rings. The molecule has 0 aliphatic carbocycles. The normalized spacial score (nSPS) is 10.5. The summed E-state index contributed by atoms with van der Waals surface area (Å²) in [4.78, 5) is 9.06. The van der Waals surface area contributed by atoms with Crippen LogP contribution in [-0.4, -0.2) is 9.97 Å². The maximum Gasteiger partial charge on any atom is 0.229 e. The molecule has 0 bridgehead atoms. The van der Waals surface area contributed by atoms with Gasteiger partial charge in [-0.1, -0.05) is 40.2 Å². The first-order valence-corrected chi connectivity index (χ1v) is 8.52. The fourth-order valence-electron chi connectivity index (χ4n) is 2.52. The number of nitrogens with zero attached hydrogens (tertiary/aromatic N) is 2. The Kier molecular flexibility index (Phi) is 4.81. The molecule has 0 atom stereocenters. The Hall–Kier alpha value is -2.40. The number of nitrogens with one attached hydrogen (secondary N) is 2. The molecule has 0 spiro atoms. The quantitative estimate of drug-likeness (QED) is 0.611. The zero-order valence-corrected chi connectivity index (χ0v) is 15.5. The zero-order valence-electron chi connectivity index (χ0n) is 13.9. The predicted octanol–water partition coefficient (Wildman–Crippen LogP) is 5.65. The second kappa shape index (κ2) is 7.01. The largest absolute Gasteiger partial charge is 0.340 e. The molecule has 24 heavy (non-hydrogen) atoms. The highest BCUT2D eigenvalue weighted by molar-refractivity contribution is 9.10. The van der Waals surface area contributed by atoms with Crippen LogP contribution in [0.1, 0.15) is 16.8 Å². The number of rotatable bonds is 4. The van der Waals surface area contributed by atoms with Gasteiger partial charge in [-0.25, -0.2) is 4.98 Å². The summed E-state index contributed by atoms with van der Waals surface area (Å²) in [7, 11) is 0. The van der Waals surface area contributed by atoms with E-state index in [1.807, 2.05) is 37.3 Å². The molecule has 0 unspecified atom stereocenters. The number of aromatic nitrogens is 2. The number of halogens is 1. The molecule has 0 saturated heterocycles. The molecule has 0 radical (unpaired) electrons. The lowest BCUT2D eigenvalue weighted by Gasteiger charge is -2.13. The first-order chi connectivity index (χ1) is 11.5. The highest BCUT2D eigenvalue weighted by Crippen LogP contribution is 2.25. The number of aryl methyl sites for hydroxylation is 3. The number of para-hydroxylation sites is 1. The predicted molar refractivity (Wildman–Crippen MR) is 103 cm³/mol. The van der Waals surface area contributed by atoms with E-state index >= 15 is 0 Å². The molecule has 1 heterocycles. The molecule has 2 aromatic carbocycles. The van der Waals surface area contributed by atoms with E-state index in [1.54, 1.807) is 0 Å². The highest BCUT2D eigenvalue weighted by Gasteiger charge is 2.07. The van der Waals surface area contributed by atoms with Crippen LogP contribution in [0.4, 0.5) is 23.1 Å². The number of hydrogen-bond donors (Lipinski definition) is 2. The van der Waals surface area contributed by atoms with Crippen molar-refractivity contribution in [3.8, 4) is 0 Å². The monoisotopic (exact) mass is 382 g/mol. The van der Waals surface area contributed by atoms with Crippen LogP contribution in [0, 0.1) is 20.8 Å². The molecule has 1 aromatic heterocycles. The van der Waals surface area contributed by atoms with Gasteiger partial charge in [-0.2, -0.15) is 4.98 Å². The average molecular weight is 383 g/mol. The van der Waals surface area contributed by atoms with Gasteiger partial charge in [0.1, 0.15) is 5.82 Å². The van der Waals surface area contributed by atoms with E-state index in [9.17, 15) is 0 Å². The average Bonchev–Trinajstić information content (AvgIpc) is 2.50. The van der Waals surface area contributed by atoms with Crippen molar-refractivity contribution < 1.29 is 0 Å². The molecular formula is C19H19BrN4. The summed E-state index contributed by atoms with van der Waals surface area (Å²) in [6.07, 6.45) is 0. The van der Waals surface area contributed by atoms with E-state index in [4.69, 9.17) is 0 Å². The second-order valence-corrected chi connectivity index (χ2v) is 6.66. The van der Waals surface area contributed by atoms with Crippen LogP contribution >= 0.6 is 15.9 Å². The summed E-state index contributed by atoms with van der Waals surface area (Å²) in [5.74, 6) is 1.35. The SMILES string of the molecule is Cc1cc(Nc2c(C)cccc2C)nc(Nc2cccc(Br)c2)n1. The van der Waals surface area contributed by atoms with Crippen molar-refractivity contribution in [2.24, 2.45) is 0 Å². The van der Waals surface area contributed by atoms with Gasteiger partial charge in [0.25, 0.3) is 0 Å². The fourth-order valence-corrected chi connectivity index (χ4v) is 2.92. The third-order valence-corrected chi connectivity index (χ3v) is 4.16. The Bertz CT molecular complexity index is 857. The number of hydrogen-bond acceptors (Lipinski definition) is 4. The maximum absolute atomic E-state index is 4.59. The van der Waals surface area contributed by atoms with E-state index in [1.165, 1.54) is 11.1 Å². The maximum atomic E-state index is 4.59. The minimum Gasteiger partial charge on any atom is -0.340 e. The van der Waals surface area contributed by atoms with Crippen molar-refractivity contribution in [1.29, 1.82) is 0 Å². The lowest BCUT2D eigenvalue weighted by atomic mass is 10.1. The van der Waals surface area contributed by atoms with E-state index < -0.39 is 0 Å². The molecule has 0 fully saturated rings. The van der Waals surface area contributed by atoms with Gasteiger partial charge < -0.3 is 10.6 Å². The van der Waals surface area contributed by atoms with Crippen molar-refractivity contribution in [1.82, 2.24) is 9.97 Å². The van der Waals surface area contributed by atoms with Crippen LogP contribution in [0.3, 0.4) is 0 Å². The Morgan fingerprint density at radius 1 is 0.833 bits per heavy atom. The van der Waals surface area contributed by atoms with Gasteiger partial charge >= 0.3 is 0 Å². The molecule has 0 saturated carbocycles. The third kappa shape index (κ3) is 3.92. The van der Waals surface area contributed by atoms with Crippen LogP contribution in [0.15, 0.2) is 53.0 Å². The first-order valence-electron chi connectivity index (χ1n) is 7.73. The van der Waals surface area contributed by atoms with Gasteiger partial charge in [0.2, 0.25) is 5.95 Å². The summed E-state index contributed by atoms with van der Waals surface area (Å²) in [6.45, 7) is 6.14. The Balaban J connectivity index is 1.89. The van der Waals surface area contributed by atoms with Gasteiger partial charge in [-0.15, -0.1) is 0 Å². The third-order valence-electron chi connectivity index (χ3n) is 3.67. The minimum atomic E-state index is 0.571. The van der Waals surface area contributed by atoms with Crippen molar-refractivity contribution >= 4 is 39.1 Å². The van der Waals surface area contributed by atoms with Crippen molar-refractivity contribution in [3.63, 3.8) is 0 Å². The lowest BCUT2D eigenvalue weighted by Crippen LogP contribution is -2.03. The van der Waals surface area contributed by atoms with E-state index in [0.29, 0.717) is 5.95 Å². The number of benzene rings is 2. The van der Waals surface area contributed by atoms with Crippen LogP contribution in [0.2, 0.25) is 0 Å². The van der Waals surface area contributed by atoms with Crippen LogP contribution in [-0.2, 0) is 0 Å². The molecule has 3 aromatic rings. The van der Waals surface area contributed by atoms with Gasteiger partial charge in [-0.05, 0) is 50.1 Å². The van der Waals surface area contributed by atoms with E-state index in [-0.39, 0.29) is 0 Å². The number of anilines is 4. The summed E-state index contributed by atoms with van der Waals surface area (Å²) >= 11 is 3.47. The molecular weight excluding hydrogens is 364 g/mol. The van der Waals surface area contributed by atoms with Crippen molar-refractivity contribution in [3.05, 3.63) is 69.8 Å². The van der Waals surface area contributed by atoms with Gasteiger partial charge in [0.15, 0.2) is 0 Å². The van der Waals surface area contributed by atoms with Gasteiger partial charge in [0.05, 0.1) is 0 Å². The minimum absolute atomic E-state index is 0.571. The Morgan fingerprint density at radius 3 is 2.25 bits per heavy atom. The van der Waals surface area contributed by atoms with Crippen molar-refractivity contribution in [2.75, 3.05) is 10.6 Å². The molecule has 4 nitrogen and oxygen atoms in total. The molecule has 0 amide bonds.